The summed E-state index contributed by atoms with van der Waals surface area (Å²) in [4.78, 5) is 12.7. The predicted octanol–water partition coefficient (Wildman–Crippen LogP) is 3.28. The molecule has 1 saturated heterocycles. The van der Waals surface area contributed by atoms with E-state index >= 15 is 0 Å². The molecular weight excluding hydrogens is 389 g/mol. The smallest absolute Gasteiger partial charge is 0.226 e. The summed E-state index contributed by atoms with van der Waals surface area (Å²) in [7, 11) is 1.93. The number of carbonyl (C=O) groups excluding carboxylic acids is 1. The first-order valence-corrected chi connectivity index (χ1v) is 10.7. The molecule has 1 aliphatic carbocycles. The molecule has 0 bridgehead atoms. The Kier molecular flexibility index (Phi) is 4.44. The van der Waals surface area contributed by atoms with E-state index in [1.165, 1.54) is 0 Å². The van der Waals surface area contributed by atoms with Crippen molar-refractivity contribution in [1.82, 2.24) is 14.5 Å². The quantitative estimate of drug-likeness (QED) is 0.780. The Morgan fingerprint density at radius 2 is 2.14 bits per heavy atom. The van der Waals surface area contributed by atoms with Gasteiger partial charge in [0.1, 0.15) is 5.82 Å². The van der Waals surface area contributed by atoms with Gasteiger partial charge in [-0.15, -0.1) is 0 Å². The Balaban J connectivity index is 1.42. The Morgan fingerprint density at radius 3 is 2.90 bits per heavy atom. The largest absolute Gasteiger partial charge is 0.381 e. The van der Waals surface area contributed by atoms with Crippen molar-refractivity contribution < 1.29 is 13.9 Å². The summed E-state index contributed by atoms with van der Waals surface area (Å²) in [5.41, 5.74) is 3.75. The molecule has 1 N–H and O–H groups in total. The van der Waals surface area contributed by atoms with Crippen molar-refractivity contribution in [3.63, 3.8) is 0 Å². The molecule has 0 radical (unpaired) electrons. The van der Waals surface area contributed by atoms with Crippen LogP contribution in [0.4, 0.5) is 4.39 Å². The van der Waals surface area contributed by atoms with Crippen LogP contribution in [0.3, 0.4) is 0 Å². The van der Waals surface area contributed by atoms with Gasteiger partial charge in [-0.1, -0.05) is 17.7 Å². The van der Waals surface area contributed by atoms with Crippen LogP contribution in [0.5, 0.6) is 0 Å². The summed E-state index contributed by atoms with van der Waals surface area (Å²) >= 11 is 5.67. The van der Waals surface area contributed by atoms with Crippen molar-refractivity contribution >= 4 is 18.1 Å². The van der Waals surface area contributed by atoms with Crippen molar-refractivity contribution in [1.29, 1.82) is 0 Å². The van der Waals surface area contributed by atoms with E-state index < -0.39 is 0 Å². The number of aryl methyl sites for hydroxylation is 1. The highest BCUT2D eigenvalue weighted by Gasteiger charge is 2.63. The van der Waals surface area contributed by atoms with Gasteiger partial charge < -0.3 is 19.2 Å². The molecule has 2 aliphatic heterocycles. The molecule has 3 aliphatic rings. The molecule has 0 unspecified atom stereocenters. The van der Waals surface area contributed by atoms with E-state index in [1.807, 2.05) is 30.7 Å². The number of fused-ring (bicyclic) bond motifs is 3. The minimum atomic E-state index is -0.209. The lowest BCUT2D eigenvalue weighted by Crippen LogP contribution is -2.39. The Labute approximate surface area is 174 Å². The van der Waals surface area contributed by atoms with Crippen LogP contribution in [0.2, 0.25) is 0 Å². The van der Waals surface area contributed by atoms with Crippen molar-refractivity contribution in [2.75, 3.05) is 13.2 Å². The van der Waals surface area contributed by atoms with Crippen LogP contribution in [0.25, 0.3) is 0 Å². The van der Waals surface area contributed by atoms with Crippen molar-refractivity contribution in [2.24, 2.45) is 7.05 Å². The number of amides is 1. The third-order valence-electron chi connectivity index (χ3n) is 6.93. The van der Waals surface area contributed by atoms with Gasteiger partial charge in [-0.25, -0.2) is 4.39 Å². The summed E-state index contributed by atoms with van der Waals surface area (Å²) in [6.45, 7) is 4.09. The normalized spacial score (nSPS) is 25.6. The van der Waals surface area contributed by atoms with Crippen LogP contribution in [-0.2, 0) is 35.0 Å². The van der Waals surface area contributed by atoms with E-state index in [4.69, 9.17) is 17.0 Å². The lowest BCUT2D eigenvalue weighted by atomic mass is 9.92. The van der Waals surface area contributed by atoms with Crippen LogP contribution in [0.15, 0.2) is 18.2 Å². The zero-order valence-corrected chi connectivity index (χ0v) is 17.7. The van der Waals surface area contributed by atoms with Gasteiger partial charge in [0.05, 0.1) is 6.42 Å². The van der Waals surface area contributed by atoms with Crippen molar-refractivity contribution in [2.45, 2.75) is 56.5 Å². The van der Waals surface area contributed by atoms with Crippen LogP contribution in [-0.4, -0.2) is 34.3 Å². The fourth-order valence-electron chi connectivity index (χ4n) is 5.28. The first kappa shape index (κ1) is 19.0. The second-order valence-corrected chi connectivity index (χ2v) is 9.15. The maximum Gasteiger partial charge on any atom is 0.226 e. The summed E-state index contributed by atoms with van der Waals surface area (Å²) in [5.74, 6) is 0.112. The number of nitrogens with one attached hydrogen (secondary N) is 1. The predicted molar refractivity (Wildman–Crippen MR) is 110 cm³/mol. The van der Waals surface area contributed by atoms with Crippen molar-refractivity contribution in [3.05, 3.63) is 51.3 Å². The highest BCUT2D eigenvalue weighted by molar-refractivity contribution is 7.71. The minimum absolute atomic E-state index is 0.0239. The van der Waals surface area contributed by atoms with Gasteiger partial charge in [0.25, 0.3) is 0 Å². The third-order valence-corrected chi connectivity index (χ3v) is 7.42. The first-order chi connectivity index (χ1) is 13.9. The molecular formula is C22H26FN3O2S. The number of halogens is 1. The minimum Gasteiger partial charge on any atom is -0.381 e. The molecule has 1 aromatic heterocycles. The molecule has 29 heavy (non-hydrogen) atoms. The molecule has 1 amide bonds. The van der Waals surface area contributed by atoms with Gasteiger partial charge in [-0.3, -0.25) is 4.79 Å². The van der Waals surface area contributed by atoms with Crippen LogP contribution < -0.4 is 5.32 Å². The number of imidazole rings is 1. The molecule has 1 saturated carbocycles. The van der Waals surface area contributed by atoms with E-state index in [1.54, 1.807) is 6.07 Å². The number of aromatic nitrogens is 2. The number of ether oxygens (including phenoxy) is 1. The molecule has 2 fully saturated rings. The number of benzene rings is 1. The molecule has 154 valence electrons. The molecule has 2 atom stereocenters. The van der Waals surface area contributed by atoms with Crippen LogP contribution in [0, 0.1) is 17.5 Å². The van der Waals surface area contributed by atoms with E-state index in [-0.39, 0.29) is 29.1 Å². The zero-order valence-electron chi connectivity index (χ0n) is 16.8. The van der Waals surface area contributed by atoms with E-state index in [2.05, 4.69) is 9.88 Å². The second-order valence-electron chi connectivity index (χ2n) is 8.79. The fourth-order valence-corrected chi connectivity index (χ4v) is 5.55. The number of hydrogen-bond donors (Lipinski definition) is 1. The molecule has 5 nitrogen and oxygen atoms in total. The molecule has 5 rings (SSSR count). The molecule has 7 heteroatoms. The summed E-state index contributed by atoms with van der Waals surface area (Å²) in [6.07, 6.45) is 2.94. The van der Waals surface area contributed by atoms with Crippen LogP contribution in [0.1, 0.15) is 47.7 Å². The summed E-state index contributed by atoms with van der Waals surface area (Å²) in [5, 5.41) is 3.15. The Hall–Kier alpha value is -1.99. The lowest BCUT2D eigenvalue weighted by molar-refractivity contribution is -0.121. The highest BCUT2D eigenvalue weighted by atomic mass is 32.1. The Bertz CT molecular complexity index is 1050. The third kappa shape index (κ3) is 2.97. The monoisotopic (exact) mass is 415 g/mol. The maximum absolute atomic E-state index is 14.7. The second kappa shape index (κ2) is 6.77. The van der Waals surface area contributed by atoms with Gasteiger partial charge in [0.2, 0.25) is 5.91 Å². The van der Waals surface area contributed by atoms with E-state index in [9.17, 15) is 9.18 Å². The van der Waals surface area contributed by atoms with E-state index in [0.717, 1.165) is 41.8 Å². The van der Waals surface area contributed by atoms with Crippen LogP contribution >= 0.6 is 12.2 Å². The van der Waals surface area contributed by atoms with Gasteiger partial charge in [0.15, 0.2) is 4.77 Å². The first-order valence-electron chi connectivity index (χ1n) is 10.3. The number of carbonyl (C=O) groups is 1. The average molecular weight is 416 g/mol. The highest BCUT2D eigenvalue weighted by Crippen LogP contribution is 2.66. The van der Waals surface area contributed by atoms with E-state index in [0.29, 0.717) is 31.0 Å². The molecule has 3 heterocycles. The average Bonchev–Trinajstić information content (AvgIpc) is 3.26. The number of rotatable bonds is 4. The zero-order chi connectivity index (χ0) is 20.3. The van der Waals surface area contributed by atoms with Gasteiger partial charge in [-0.05, 0) is 50.0 Å². The number of hydrogen-bond acceptors (Lipinski definition) is 3. The molecule has 2 aromatic rings. The standard InChI is InChI=1S/C22H26FN3O2S/c1-13-3-4-17(23)15(9-13)22-11-16(22)20-18(25(2)21(29)26(20)12-22)10-19(27)24-14-5-7-28-8-6-14/h3-4,9,14,16H,5-8,10-12H2,1-2H3,(H,24,27)/t16-,22+/m0/s1. The summed E-state index contributed by atoms with van der Waals surface area (Å²) < 4.78 is 24.8. The number of nitrogens with zero attached hydrogens (tertiary/aromatic N) is 2. The van der Waals surface area contributed by atoms with Gasteiger partial charge >= 0.3 is 0 Å². The fraction of sp³-hybridized carbons (Fsp3) is 0.545. The maximum atomic E-state index is 14.7. The van der Waals surface area contributed by atoms with Gasteiger partial charge in [-0.2, -0.15) is 0 Å². The molecule has 1 aromatic carbocycles. The van der Waals surface area contributed by atoms with Crippen molar-refractivity contribution in [3.8, 4) is 0 Å². The SMILES string of the molecule is Cc1ccc(F)c([C@]23C[C@H]2c2c(CC(=O)NC4CCOCC4)n(C)c(=S)n2C3)c1. The molecule has 0 spiro atoms. The topological polar surface area (TPSA) is 48.2 Å². The van der Waals surface area contributed by atoms with Gasteiger partial charge in [0, 0.05) is 55.6 Å². The summed E-state index contributed by atoms with van der Waals surface area (Å²) in [6, 6.07) is 5.54. The Morgan fingerprint density at radius 1 is 1.38 bits per heavy atom. The lowest BCUT2D eigenvalue weighted by Gasteiger charge is -2.23.